The van der Waals surface area contributed by atoms with E-state index < -0.39 is 5.41 Å². The van der Waals surface area contributed by atoms with E-state index in [4.69, 9.17) is 0 Å². The molecule has 3 rings (SSSR count). The Labute approximate surface area is 162 Å². The van der Waals surface area contributed by atoms with Gasteiger partial charge in [0, 0.05) is 18.2 Å². The minimum atomic E-state index is -0.723. The molecule has 1 unspecified atom stereocenters. The van der Waals surface area contributed by atoms with Crippen molar-refractivity contribution >= 4 is 29.5 Å². The average molecular weight is 380 g/mol. The number of rotatable bonds is 5. The van der Waals surface area contributed by atoms with Crippen LogP contribution in [0.15, 0.2) is 54.6 Å². The van der Waals surface area contributed by atoms with E-state index in [1.165, 1.54) is 18.2 Å². The van der Waals surface area contributed by atoms with Crippen molar-refractivity contribution in [2.75, 3.05) is 5.32 Å². The maximum absolute atomic E-state index is 12.9. The molecule has 1 fully saturated rings. The molecular weight excluding hydrogens is 359 g/mol. The highest BCUT2D eigenvalue weighted by Gasteiger charge is 2.42. The van der Waals surface area contributed by atoms with E-state index in [1.807, 2.05) is 6.92 Å². The quantitative estimate of drug-likeness (QED) is 0.615. The summed E-state index contributed by atoms with van der Waals surface area (Å²) in [6.45, 7) is 1.92. The van der Waals surface area contributed by atoms with Crippen LogP contribution in [-0.2, 0) is 19.8 Å². The summed E-state index contributed by atoms with van der Waals surface area (Å²) in [6, 6.07) is 12.9. The lowest BCUT2D eigenvalue weighted by Gasteiger charge is -2.35. The van der Waals surface area contributed by atoms with Gasteiger partial charge in [0.05, 0.1) is 5.41 Å². The number of imide groups is 1. The molecule has 0 aromatic heterocycles. The van der Waals surface area contributed by atoms with Crippen molar-refractivity contribution in [2.45, 2.75) is 31.6 Å². The van der Waals surface area contributed by atoms with E-state index in [0.29, 0.717) is 24.9 Å². The first-order valence-corrected chi connectivity index (χ1v) is 9.12. The molecule has 0 bridgehead atoms. The van der Waals surface area contributed by atoms with Crippen molar-refractivity contribution in [3.63, 3.8) is 0 Å². The van der Waals surface area contributed by atoms with E-state index in [-0.39, 0.29) is 23.5 Å². The zero-order valence-corrected chi connectivity index (χ0v) is 15.5. The number of halogens is 1. The molecule has 1 aliphatic heterocycles. The SMILES string of the molecule is CCC1(c2ccc(NC(=O)/C=C/c3ccc(F)cc3)cc2)CCC(=O)NC1=O. The van der Waals surface area contributed by atoms with Crippen molar-refractivity contribution in [1.29, 1.82) is 0 Å². The van der Waals surface area contributed by atoms with E-state index in [9.17, 15) is 18.8 Å². The topological polar surface area (TPSA) is 75.3 Å². The van der Waals surface area contributed by atoms with Gasteiger partial charge in [-0.2, -0.15) is 0 Å². The van der Waals surface area contributed by atoms with Crippen LogP contribution in [0.3, 0.4) is 0 Å². The molecule has 144 valence electrons. The molecule has 3 amide bonds. The second-order valence-corrected chi connectivity index (χ2v) is 6.76. The van der Waals surface area contributed by atoms with Crippen molar-refractivity contribution in [3.8, 4) is 0 Å². The average Bonchev–Trinajstić information content (AvgIpc) is 2.69. The largest absolute Gasteiger partial charge is 0.323 e. The molecule has 0 spiro atoms. The molecule has 1 saturated heterocycles. The number of anilines is 1. The Balaban J connectivity index is 1.68. The number of piperidine rings is 1. The van der Waals surface area contributed by atoms with Crippen LogP contribution in [0.1, 0.15) is 37.3 Å². The molecule has 1 aliphatic rings. The van der Waals surface area contributed by atoms with Crippen molar-refractivity contribution in [3.05, 3.63) is 71.6 Å². The monoisotopic (exact) mass is 380 g/mol. The van der Waals surface area contributed by atoms with Gasteiger partial charge in [0.2, 0.25) is 17.7 Å². The molecule has 6 heteroatoms. The second-order valence-electron chi connectivity index (χ2n) is 6.76. The Kier molecular flexibility index (Phi) is 5.68. The van der Waals surface area contributed by atoms with Gasteiger partial charge in [-0.15, -0.1) is 0 Å². The van der Waals surface area contributed by atoms with Gasteiger partial charge in [-0.1, -0.05) is 31.2 Å². The van der Waals surface area contributed by atoms with Crippen LogP contribution >= 0.6 is 0 Å². The van der Waals surface area contributed by atoms with Gasteiger partial charge < -0.3 is 5.32 Å². The van der Waals surface area contributed by atoms with E-state index in [0.717, 1.165) is 11.1 Å². The number of nitrogens with one attached hydrogen (secondary N) is 2. The second kappa shape index (κ2) is 8.17. The van der Waals surface area contributed by atoms with Crippen LogP contribution in [0.2, 0.25) is 0 Å². The number of hydrogen-bond donors (Lipinski definition) is 2. The first-order valence-electron chi connectivity index (χ1n) is 9.12. The lowest BCUT2D eigenvalue weighted by atomic mass is 9.72. The Morgan fingerprint density at radius 1 is 1.14 bits per heavy atom. The summed E-state index contributed by atoms with van der Waals surface area (Å²) >= 11 is 0. The van der Waals surface area contributed by atoms with E-state index in [1.54, 1.807) is 42.5 Å². The Hall–Kier alpha value is -3.28. The van der Waals surface area contributed by atoms with Gasteiger partial charge >= 0.3 is 0 Å². The number of amides is 3. The van der Waals surface area contributed by atoms with Crippen molar-refractivity contribution < 1.29 is 18.8 Å². The molecular formula is C22H21FN2O3. The Bertz CT molecular complexity index is 920. The fourth-order valence-electron chi connectivity index (χ4n) is 3.37. The minimum absolute atomic E-state index is 0.245. The standard InChI is InChI=1S/C22H21FN2O3/c1-2-22(14-13-20(27)25-21(22)28)16-6-10-18(11-7-16)24-19(26)12-5-15-3-8-17(23)9-4-15/h3-12H,2,13-14H2,1H3,(H,24,26)(H,25,27,28)/b12-5+. The Morgan fingerprint density at radius 2 is 1.82 bits per heavy atom. The number of benzene rings is 2. The van der Waals surface area contributed by atoms with Gasteiger partial charge in [0.25, 0.3) is 0 Å². The lowest BCUT2D eigenvalue weighted by Crippen LogP contribution is -2.51. The first-order chi connectivity index (χ1) is 13.4. The summed E-state index contributed by atoms with van der Waals surface area (Å²) in [6.07, 6.45) is 4.33. The fraction of sp³-hybridized carbons (Fsp3) is 0.227. The minimum Gasteiger partial charge on any atom is -0.323 e. The van der Waals surface area contributed by atoms with Crippen LogP contribution in [0.25, 0.3) is 6.08 Å². The maximum Gasteiger partial charge on any atom is 0.248 e. The zero-order valence-electron chi connectivity index (χ0n) is 15.5. The smallest absolute Gasteiger partial charge is 0.248 e. The highest BCUT2D eigenvalue weighted by Crippen LogP contribution is 2.36. The molecule has 5 nitrogen and oxygen atoms in total. The van der Waals surface area contributed by atoms with Gasteiger partial charge in [-0.05, 0) is 54.3 Å². The van der Waals surface area contributed by atoms with Gasteiger partial charge in [0.1, 0.15) is 5.82 Å². The van der Waals surface area contributed by atoms with Crippen molar-refractivity contribution in [1.82, 2.24) is 5.32 Å². The predicted octanol–water partition coefficient (Wildman–Crippen LogP) is 3.56. The van der Waals surface area contributed by atoms with Gasteiger partial charge in [0.15, 0.2) is 0 Å². The highest BCUT2D eigenvalue weighted by molar-refractivity contribution is 6.04. The fourth-order valence-corrected chi connectivity index (χ4v) is 3.37. The molecule has 2 aromatic rings. The Morgan fingerprint density at radius 3 is 2.43 bits per heavy atom. The molecule has 0 radical (unpaired) electrons. The van der Waals surface area contributed by atoms with E-state index >= 15 is 0 Å². The number of carbonyl (C=O) groups excluding carboxylic acids is 3. The molecule has 28 heavy (non-hydrogen) atoms. The predicted molar refractivity (Wildman–Crippen MR) is 105 cm³/mol. The summed E-state index contributed by atoms with van der Waals surface area (Å²) in [7, 11) is 0. The molecule has 1 heterocycles. The summed E-state index contributed by atoms with van der Waals surface area (Å²) < 4.78 is 12.9. The van der Waals surface area contributed by atoms with Gasteiger partial charge in [-0.25, -0.2) is 4.39 Å². The lowest BCUT2D eigenvalue weighted by molar-refractivity contribution is -0.138. The zero-order chi connectivity index (χ0) is 20.1. The third-order valence-electron chi connectivity index (χ3n) is 5.07. The van der Waals surface area contributed by atoms with Crippen molar-refractivity contribution in [2.24, 2.45) is 0 Å². The number of hydrogen-bond acceptors (Lipinski definition) is 3. The molecule has 1 atom stereocenters. The summed E-state index contributed by atoms with van der Waals surface area (Å²) in [5.74, 6) is -1.16. The molecule has 0 saturated carbocycles. The molecule has 2 aromatic carbocycles. The highest BCUT2D eigenvalue weighted by atomic mass is 19.1. The summed E-state index contributed by atoms with van der Waals surface area (Å²) in [4.78, 5) is 36.0. The van der Waals surface area contributed by atoms with Crippen LogP contribution < -0.4 is 10.6 Å². The van der Waals surface area contributed by atoms with Gasteiger partial charge in [-0.3, -0.25) is 19.7 Å². The third kappa shape index (κ3) is 4.17. The number of carbonyl (C=O) groups is 3. The summed E-state index contributed by atoms with van der Waals surface area (Å²) in [5, 5.41) is 5.17. The van der Waals surface area contributed by atoms with Crippen LogP contribution in [0.4, 0.5) is 10.1 Å². The summed E-state index contributed by atoms with van der Waals surface area (Å²) in [5.41, 5.74) is 1.41. The van der Waals surface area contributed by atoms with E-state index in [2.05, 4.69) is 10.6 Å². The van der Waals surface area contributed by atoms with Crippen LogP contribution in [-0.4, -0.2) is 17.7 Å². The van der Waals surface area contributed by atoms with Crippen LogP contribution in [0.5, 0.6) is 0 Å². The molecule has 0 aliphatic carbocycles. The molecule has 2 N–H and O–H groups in total. The van der Waals surface area contributed by atoms with Crippen LogP contribution in [0, 0.1) is 5.82 Å². The third-order valence-corrected chi connectivity index (χ3v) is 5.07. The first kappa shape index (κ1) is 19.5. The normalized spacial score (nSPS) is 19.5. The maximum atomic E-state index is 12.9.